The number of carbonyl (C=O) groups is 1. The third kappa shape index (κ3) is 4.16. The van der Waals surface area contributed by atoms with E-state index in [2.05, 4.69) is 17.4 Å². The number of nitrogens with zero attached hydrogens (tertiary/aromatic N) is 1. The van der Waals surface area contributed by atoms with Gasteiger partial charge >= 0.3 is 0 Å². The Labute approximate surface area is 156 Å². The first-order valence-corrected chi connectivity index (χ1v) is 9.45. The molecular formula is C19H20N2O4S. The van der Waals surface area contributed by atoms with Crippen molar-refractivity contribution in [1.29, 1.82) is 0 Å². The normalized spacial score (nSPS) is 15.8. The number of methoxy groups -OCH3 is 1. The monoisotopic (exact) mass is 372 g/mol. The summed E-state index contributed by atoms with van der Waals surface area (Å²) in [6, 6.07) is 12.7. The van der Waals surface area contributed by atoms with Crippen LogP contribution in [0.1, 0.15) is 29.2 Å². The summed E-state index contributed by atoms with van der Waals surface area (Å²) in [6.45, 7) is 0. The number of thioether (sulfide) groups is 1. The molecular weight excluding hydrogens is 352 g/mol. The molecule has 2 aromatic rings. The fraction of sp³-hybridized carbons (Fsp3) is 0.316. The molecule has 26 heavy (non-hydrogen) atoms. The molecule has 0 spiro atoms. The van der Waals surface area contributed by atoms with E-state index in [0.29, 0.717) is 5.75 Å². The Bertz CT molecular complexity index is 825. The molecule has 2 aromatic carbocycles. The van der Waals surface area contributed by atoms with Crippen LogP contribution in [-0.4, -0.2) is 23.7 Å². The number of carbonyl (C=O) groups excluding carboxylic acids is 1. The highest BCUT2D eigenvalue weighted by Crippen LogP contribution is 2.39. The lowest BCUT2D eigenvalue weighted by atomic mass is 9.91. The number of amides is 1. The third-order valence-corrected chi connectivity index (χ3v) is 5.73. The van der Waals surface area contributed by atoms with E-state index in [9.17, 15) is 14.9 Å². The fourth-order valence-electron chi connectivity index (χ4n) is 3.14. The Morgan fingerprint density at radius 2 is 2.15 bits per heavy atom. The van der Waals surface area contributed by atoms with Gasteiger partial charge in [-0.05, 0) is 42.5 Å². The summed E-state index contributed by atoms with van der Waals surface area (Å²) in [6.07, 6.45) is 3.23. The summed E-state index contributed by atoms with van der Waals surface area (Å²) >= 11 is 1.58. The van der Waals surface area contributed by atoms with E-state index in [1.54, 1.807) is 17.8 Å². The minimum atomic E-state index is -0.525. The zero-order valence-corrected chi connectivity index (χ0v) is 15.3. The Morgan fingerprint density at radius 1 is 1.35 bits per heavy atom. The molecule has 136 valence electrons. The predicted octanol–water partition coefficient (Wildman–Crippen LogP) is 4.35. The quantitative estimate of drug-likeness (QED) is 0.602. The molecule has 0 saturated heterocycles. The summed E-state index contributed by atoms with van der Waals surface area (Å²) < 4.78 is 5.00. The van der Waals surface area contributed by atoms with Crippen LogP contribution in [0.5, 0.6) is 5.75 Å². The van der Waals surface area contributed by atoms with E-state index in [1.807, 2.05) is 12.1 Å². The second kappa shape index (κ2) is 8.23. The molecule has 3 rings (SSSR count). The van der Waals surface area contributed by atoms with Gasteiger partial charge in [-0.1, -0.05) is 24.3 Å². The van der Waals surface area contributed by atoms with Crippen LogP contribution in [0.2, 0.25) is 0 Å². The summed E-state index contributed by atoms with van der Waals surface area (Å²) in [7, 11) is 1.44. The van der Waals surface area contributed by atoms with Gasteiger partial charge in [-0.2, -0.15) is 0 Å². The molecule has 0 fully saturated rings. The van der Waals surface area contributed by atoms with Gasteiger partial charge in [0.25, 0.3) is 5.69 Å². The van der Waals surface area contributed by atoms with Crippen LogP contribution in [0.15, 0.2) is 42.5 Å². The van der Waals surface area contributed by atoms with Gasteiger partial charge in [0.2, 0.25) is 5.91 Å². The lowest BCUT2D eigenvalue weighted by molar-refractivity contribution is -0.384. The van der Waals surface area contributed by atoms with Crippen LogP contribution in [0.25, 0.3) is 0 Å². The van der Waals surface area contributed by atoms with Gasteiger partial charge in [0.15, 0.2) is 0 Å². The number of hydrogen-bond acceptors (Lipinski definition) is 5. The minimum absolute atomic E-state index is 0.175. The molecule has 1 unspecified atom stereocenters. The maximum absolute atomic E-state index is 12.3. The van der Waals surface area contributed by atoms with Crippen LogP contribution >= 0.6 is 11.8 Å². The number of hydrogen-bond donors (Lipinski definition) is 1. The molecule has 1 N–H and O–H groups in total. The van der Waals surface area contributed by atoms with E-state index in [-0.39, 0.29) is 28.3 Å². The lowest BCUT2D eigenvalue weighted by Crippen LogP contribution is -2.17. The third-order valence-electron chi connectivity index (χ3n) is 4.41. The van der Waals surface area contributed by atoms with Crippen molar-refractivity contribution >= 4 is 29.0 Å². The molecule has 0 saturated carbocycles. The first-order valence-electron chi connectivity index (χ1n) is 8.40. The van der Waals surface area contributed by atoms with Crippen molar-refractivity contribution in [3.05, 3.63) is 63.7 Å². The summed E-state index contributed by atoms with van der Waals surface area (Å²) in [5, 5.41) is 14.1. The molecule has 7 heteroatoms. The molecule has 0 aliphatic heterocycles. The number of nitro groups is 1. The van der Waals surface area contributed by atoms with Crippen LogP contribution in [0, 0.1) is 10.1 Å². The molecule has 1 amide bonds. The molecule has 1 aliphatic carbocycles. The Morgan fingerprint density at radius 3 is 2.92 bits per heavy atom. The van der Waals surface area contributed by atoms with Gasteiger partial charge in [0.1, 0.15) is 11.4 Å². The lowest BCUT2D eigenvalue weighted by Gasteiger charge is -2.24. The van der Waals surface area contributed by atoms with Crippen LogP contribution in [-0.2, 0) is 11.2 Å². The number of fused-ring (bicyclic) bond motifs is 1. The average Bonchev–Trinajstić information content (AvgIpc) is 2.66. The Balaban J connectivity index is 1.65. The van der Waals surface area contributed by atoms with E-state index in [0.717, 1.165) is 19.3 Å². The highest BCUT2D eigenvalue weighted by atomic mass is 32.2. The number of rotatable bonds is 6. The number of nitro benzene ring substituents is 1. The largest absolute Gasteiger partial charge is 0.496 e. The van der Waals surface area contributed by atoms with E-state index in [1.165, 1.54) is 30.4 Å². The second-order valence-electron chi connectivity index (χ2n) is 6.08. The van der Waals surface area contributed by atoms with Crippen molar-refractivity contribution in [2.45, 2.75) is 24.5 Å². The van der Waals surface area contributed by atoms with Crippen molar-refractivity contribution in [2.75, 3.05) is 18.2 Å². The standard InChI is InChI=1S/C19H20N2O4S/c1-25-14-9-10-16(17(11-14)21(23)24)20-19(22)12-26-18-8-4-6-13-5-2-3-7-15(13)18/h2-3,5,7,9-11,18H,4,6,8,12H2,1H3,(H,20,22). The minimum Gasteiger partial charge on any atom is -0.496 e. The number of anilines is 1. The molecule has 1 atom stereocenters. The van der Waals surface area contributed by atoms with Gasteiger partial charge in [-0.25, -0.2) is 0 Å². The fourth-order valence-corrected chi connectivity index (χ4v) is 4.31. The van der Waals surface area contributed by atoms with Crippen LogP contribution < -0.4 is 10.1 Å². The van der Waals surface area contributed by atoms with E-state index < -0.39 is 4.92 Å². The number of aryl methyl sites for hydroxylation is 1. The summed E-state index contributed by atoms with van der Waals surface area (Å²) in [5.74, 6) is 0.386. The zero-order chi connectivity index (χ0) is 18.5. The maximum atomic E-state index is 12.3. The molecule has 0 aromatic heterocycles. The van der Waals surface area contributed by atoms with Crippen molar-refractivity contribution in [3.8, 4) is 5.75 Å². The van der Waals surface area contributed by atoms with Crippen LogP contribution in [0.4, 0.5) is 11.4 Å². The summed E-state index contributed by atoms with van der Waals surface area (Å²) in [5.41, 5.74) is 2.66. The van der Waals surface area contributed by atoms with E-state index >= 15 is 0 Å². The first-order chi connectivity index (χ1) is 12.6. The summed E-state index contributed by atoms with van der Waals surface area (Å²) in [4.78, 5) is 23.0. The highest BCUT2D eigenvalue weighted by molar-refractivity contribution is 8.00. The van der Waals surface area contributed by atoms with Crippen molar-refractivity contribution in [2.24, 2.45) is 0 Å². The highest BCUT2D eigenvalue weighted by Gasteiger charge is 2.22. The van der Waals surface area contributed by atoms with Gasteiger partial charge in [0, 0.05) is 5.25 Å². The topological polar surface area (TPSA) is 81.5 Å². The Hall–Kier alpha value is -2.54. The second-order valence-corrected chi connectivity index (χ2v) is 7.27. The van der Waals surface area contributed by atoms with Crippen molar-refractivity contribution in [1.82, 2.24) is 0 Å². The molecule has 0 heterocycles. The molecule has 0 radical (unpaired) electrons. The Kier molecular flexibility index (Phi) is 5.78. The smallest absolute Gasteiger partial charge is 0.296 e. The van der Waals surface area contributed by atoms with Gasteiger partial charge in [-0.15, -0.1) is 11.8 Å². The molecule has 1 aliphatic rings. The molecule has 6 nitrogen and oxygen atoms in total. The number of benzene rings is 2. The SMILES string of the molecule is COc1ccc(NC(=O)CSC2CCCc3ccccc32)c([N+](=O)[O-])c1. The van der Waals surface area contributed by atoms with Crippen molar-refractivity contribution in [3.63, 3.8) is 0 Å². The first kappa shape index (κ1) is 18.3. The predicted molar refractivity (Wildman–Crippen MR) is 103 cm³/mol. The maximum Gasteiger partial charge on any atom is 0.296 e. The number of ether oxygens (including phenoxy) is 1. The van der Waals surface area contributed by atoms with Crippen molar-refractivity contribution < 1.29 is 14.5 Å². The average molecular weight is 372 g/mol. The van der Waals surface area contributed by atoms with E-state index in [4.69, 9.17) is 4.74 Å². The number of nitrogens with one attached hydrogen (secondary N) is 1. The zero-order valence-electron chi connectivity index (χ0n) is 14.4. The van der Waals surface area contributed by atoms with Gasteiger partial charge < -0.3 is 10.1 Å². The van der Waals surface area contributed by atoms with Gasteiger partial charge in [0.05, 0.1) is 23.9 Å². The van der Waals surface area contributed by atoms with Crippen LogP contribution in [0.3, 0.4) is 0 Å². The molecule has 0 bridgehead atoms. The van der Waals surface area contributed by atoms with Gasteiger partial charge in [-0.3, -0.25) is 14.9 Å².